The minimum Gasteiger partial charge on any atom is -0.338 e. The molecular formula is C17H19BrF3N3O3S. The molecule has 11 heteroatoms. The molecule has 0 fully saturated rings. The van der Waals surface area contributed by atoms with Gasteiger partial charge in [0.2, 0.25) is 0 Å². The highest BCUT2D eigenvalue weighted by atomic mass is 79.9. The van der Waals surface area contributed by atoms with Crippen LogP contribution in [0.3, 0.4) is 0 Å². The van der Waals surface area contributed by atoms with Gasteiger partial charge in [-0.1, -0.05) is 27.6 Å². The quantitative estimate of drug-likeness (QED) is 0.372. The minimum absolute atomic E-state index is 0.0942. The van der Waals surface area contributed by atoms with Gasteiger partial charge >= 0.3 is 21.6 Å². The number of allylic oxidation sites excluding steroid dienone is 1. The molecule has 0 saturated carbocycles. The second-order valence-corrected chi connectivity index (χ2v) is 9.33. The fraction of sp³-hybridized carbons (Fsp3) is 0.471. The summed E-state index contributed by atoms with van der Waals surface area (Å²) in [7, 11) is -5.81. The number of hydrogen-bond donors (Lipinski definition) is 0. The molecule has 28 heavy (non-hydrogen) atoms. The second-order valence-electron chi connectivity index (χ2n) is 6.94. The Morgan fingerprint density at radius 1 is 1.39 bits per heavy atom. The summed E-state index contributed by atoms with van der Waals surface area (Å²) in [5.41, 5.74) is -2.62. The smallest absolute Gasteiger partial charge is 0.338 e. The molecule has 1 aliphatic heterocycles. The van der Waals surface area contributed by atoms with Crippen LogP contribution in [0.1, 0.15) is 26.3 Å². The maximum atomic E-state index is 12.8. The molecule has 0 aliphatic carbocycles. The van der Waals surface area contributed by atoms with Crippen LogP contribution in [-0.2, 0) is 23.2 Å². The highest BCUT2D eigenvalue weighted by Crippen LogP contribution is 2.36. The second kappa shape index (κ2) is 7.34. The average molecular weight is 482 g/mol. The van der Waals surface area contributed by atoms with Gasteiger partial charge in [-0.15, -0.1) is 0 Å². The summed E-state index contributed by atoms with van der Waals surface area (Å²) in [5, 5.41) is 0. The molecule has 2 heterocycles. The average Bonchev–Trinajstić information content (AvgIpc) is 2.80. The summed E-state index contributed by atoms with van der Waals surface area (Å²) >= 11 is 3.49. The monoisotopic (exact) mass is 481 g/mol. The normalized spacial score (nSPS) is 18.2. The van der Waals surface area contributed by atoms with E-state index in [0.717, 1.165) is 15.6 Å². The van der Waals surface area contributed by atoms with E-state index in [0.29, 0.717) is 24.1 Å². The van der Waals surface area contributed by atoms with Crippen LogP contribution in [0.25, 0.3) is 11.0 Å². The third-order valence-corrected chi connectivity index (χ3v) is 6.23. The van der Waals surface area contributed by atoms with Crippen LogP contribution in [0.15, 0.2) is 28.3 Å². The van der Waals surface area contributed by atoms with Crippen molar-refractivity contribution in [3.63, 3.8) is 0 Å². The molecule has 1 aromatic carbocycles. The summed E-state index contributed by atoms with van der Waals surface area (Å²) in [6, 6.07) is 2.68. The van der Waals surface area contributed by atoms with E-state index in [-0.39, 0.29) is 12.6 Å². The lowest BCUT2D eigenvalue weighted by Gasteiger charge is -2.26. The van der Waals surface area contributed by atoms with Crippen molar-refractivity contribution < 1.29 is 25.8 Å². The van der Waals surface area contributed by atoms with Crippen LogP contribution in [0, 0.1) is 0 Å². The molecule has 0 bridgehead atoms. The Bertz CT molecular complexity index is 1040. The van der Waals surface area contributed by atoms with Gasteiger partial charge in [-0.05, 0) is 32.9 Å². The van der Waals surface area contributed by atoms with E-state index in [1.165, 1.54) is 4.57 Å². The van der Waals surface area contributed by atoms with Crippen molar-refractivity contribution in [1.82, 2.24) is 14.5 Å². The summed E-state index contributed by atoms with van der Waals surface area (Å²) in [4.78, 5) is 6.16. The summed E-state index contributed by atoms with van der Waals surface area (Å²) in [6.45, 7) is 7.31. The molecule has 1 atom stereocenters. The van der Waals surface area contributed by atoms with Crippen LogP contribution >= 0.6 is 15.9 Å². The molecule has 0 unspecified atom stereocenters. The largest absolute Gasteiger partial charge is 0.534 e. The first-order chi connectivity index (χ1) is 12.9. The molecule has 154 valence electrons. The number of alkyl halides is 3. The Hall–Kier alpha value is -1.59. The first-order valence-electron chi connectivity index (χ1n) is 8.46. The minimum atomic E-state index is -5.81. The van der Waals surface area contributed by atoms with E-state index in [1.54, 1.807) is 12.1 Å². The fourth-order valence-corrected chi connectivity index (χ4v) is 3.92. The van der Waals surface area contributed by atoms with E-state index in [4.69, 9.17) is 0 Å². The van der Waals surface area contributed by atoms with Crippen molar-refractivity contribution in [1.29, 1.82) is 0 Å². The van der Waals surface area contributed by atoms with Gasteiger partial charge in [0.05, 0.1) is 11.0 Å². The topological polar surface area (TPSA) is 64.4 Å². The lowest BCUT2D eigenvalue weighted by atomic mass is 10.1. The van der Waals surface area contributed by atoms with Gasteiger partial charge in [0.25, 0.3) is 0 Å². The van der Waals surface area contributed by atoms with Crippen LogP contribution < -0.4 is 4.18 Å². The molecule has 3 rings (SSSR count). The first-order valence-corrected chi connectivity index (χ1v) is 10.7. The zero-order valence-electron chi connectivity index (χ0n) is 15.4. The van der Waals surface area contributed by atoms with Crippen molar-refractivity contribution >= 4 is 37.1 Å². The summed E-state index contributed by atoms with van der Waals surface area (Å²) in [6.07, 6.45) is 2.06. The van der Waals surface area contributed by atoms with Gasteiger partial charge in [-0.3, -0.25) is 9.47 Å². The number of nitrogens with zero attached hydrogens (tertiary/aromatic N) is 3. The maximum Gasteiger partial charge on any atom is 0.534 e. The molecule has 0 radical (unpaired) electrons. The number of halogens is 4. The van der Waals surface area contributed by atoms with E-state index in [9.17, 15) is 21.6 Å². The highest BCUT2D eigenvalue weighted by Gasteiger charge is 2.49. The van der Waals surface area contributed by atoms with Crippen LogP contribution in [0.5, 0.6) is 6.01 Å². The molecule has 6 nitrogen and oxygen atoms in total. The number of benzene rings is 1. The van der Waals surface area contributed by atoms with E-state index in [1.807, 2.05) is 20.8 Å². The van der Waals surface area contributed by atoms with Crippen molar-refractivity contribution in [2.45, 2.75) is 45.4 Å². The number of rotatable bonds is 4. The van der Waals surface area contributed by atoms with Gasteiger partial charge in [-0.25, -0.2) is 0 Å². The van der Waals surface area contributed by atoms with E-state index in [2.05, 4.69) is 36.1 Å². The van der Waals surface area contributed by atoms with E-state index < -0.39 is 21.6 Å². The van der Waals surface area contributed by atoms with Crippen molar-refractivity contribution in [3.8, 4) is 6.01 Å². The maximum absolute atomic E-state index is 12.8. The Morgan fingerprint density at radius 3 is 2.68 bits per heavy atom. The van der Waals surface area contributed by atoms with Gasteiger partial charge in [0.1, 0.15) is 0 Å². The Labute approximate surface area is 169 Å². The Balaban J connectivity index is 2.11. The SMILES string of the molecule is CC(C)=CCN1Cc2c(Br)ccc3nc(OS(=O)(=O)C(F)(F)F)n(c23)C[C@@H]1C. The predicted molar refractivity (Wildman–Crippen MR) is 102 cm³/mol. The molecular weight excluding hydrogens is 463 g/mol. The zero-order chi connectivity index (χ0) is 20.9. The first kappa shape index (κ1) is 21.1. The number of imidazole rings is 1. The predicted octanol–water partition coefficient (Wildman–Crippen LogP) is 4.20. The van der Waals surface area contributed by atoms with Gasteiger partial charge in [0, 0.05) is 35.7 Å². The lowest BCUT2D eigenvalue weighted by molar-refractivity contribution is -0.0503. The third kappa shape index (κ3) is 3.92. The van der Waals surface area contributed by atoms with Crippen molar-refractivity contribution in [2.75, 3.05) is 6.54 Å². The Kier molecular flexibility index (Phi) is 5.54. The lowest BCUT2D eigenvalue weighted by Crippen LogP contribution is -2.35. The zero-order valence-corrected chi connectivity index (χ0v) is 17.8. The molecule has 0 amide bonds. The van der Waals surface area contributed by atoms with Crippen LogP contribution in [-0.4, -0.2) is 41.0 Å². The molecule has 0 saturated heterocycles. The molecule has 1 aliphatic rings. The van der Waals surface area contributed by atoms with Crippen molar-refractivity contribution in [2.24, 2.45) is 0 Å². The van der Waals surface area contributed by atoms with E-state index >= 15 is 0 Å². The highest BCUT2D eigenvalue weighted by molar-refractivity contribution is 9.10. The molecule has 2 aromatic rings. The molecule has 0 N–H and O–H groups in total. The molecule has 1 aromatic heterocycles. The fourth-order valence-electron chi connectivity index (χ4n) is 3.06. The van der Waals surface area contributed by atoms with Crippen LogP contribution in [0.2, 0.25) is 0 Å². The number of hydrogen-bond acceptors (Lipinski definition) is 5. The van der Waals surface area contributed by atoms with Gasteiger partial charge in [-0.2, -0.15) is 26.6 Å². The standard InChI is InChI=1S/C17H19BrF3N3O3S/c1-10(2)6-7-23-9-12-13(18)4-5-14-15(12)24(8-11(23)3)16(22-14)27-28(25,26)17(19,20)21/h4-6,11H,7-9H2,1-3H3/t11-/m0/s1. The number of aromatic nitrogens is 2. The van der Waals surface area contributed by atoms with Crippen LogP contribution in [0.4, 0.5) is 13.2 Å². The summed E-state index contributed by atoms with van der Waals surface area (Å²) < 4.78 is 68.0. The van der Waals surface area contributed by atoms with Gasteiger partial charge < -0.3 is 4.18 Å². The molecule has 0 spiro atoms. The third-order valence-electron chi connectivity index (χ3n) is 4.55. The van der Waals surface area contributed by atoms with Gasteiger partial charge in [0.15, 0.2) is 0 Å². The summed E-state index contributed by atoms with van der Waals surface area (Å²) in [5.74, 6) is 0. The van der Waals surface area contributed by atoms with Crippen molar-refractivity contribution in [3.05, 3.63) is 33.8 Å². The Morgan fingerprint density at radius 2 is 2.07 bits per heavy atom.